The summed E-state index contributed by atoms with van der Waals surface area (Å²) in [4.78, 5) is 21.4. The molecule has 1 aromatic heterocycles. The van der Waals surface area contributed by atoms with Crippen molar-refractivity contribution in [2.45, 2.75) is 18.9 Å². The van der Waals surface area contributed by atoms with E-state index in [1.807, 2.05) is 0 Å². The molecule has 0 aliphatic heterocycles. The van der Waals surface area contributed by atoms with Gasteiger partial charge in [0.25, 0.3) is 5.91 Å². The molecule has 0 spiro atoms. The average molecular weight is 433 g/mol. The number of allylic oxidation sites excluding steroid dienone is 1. The van der Waals surface area contributed by atoms with Crippen molar-refractivity contribution in [3.05, 3.63) is 101 Å². The van der Waals surface area contributed by atoms with E-state index < -0.39 is 0 Å². The Morgan fingerprint density at radius 1 is 1.09 bits per heavy atom. The van der Waals surface area contributed by atoms with Crippen LogP contribution in [0.2, 0.25) is 0 Å². The Balaban J connectivity index is 1.80. The Hall–Kier alpha value is -3.91. The van der Waals surface area contributed by atoms with Gasteiger partial charge in [-0.25, -0.2) is 14.4 Å². The van der Waals surface area contributed by atoms with E-state index in [-0.39, 0.29) is 35.8 Å². The number of rotatable bonds is 9. The number of amides is 1. The van der Waals surface area contributed by atoms with E-state index in [9.17, 15) is 14.3 Å². The minimum absolute atomic E-state index is 0.0945. The minimum atomic E-state index is -0.390. The maximum absolute atomic E-state index is 13.1. The number of carbonyl (C=O) groups excluding carboxylic acids is 1. The van der Waals surface area contributed by atoms with E-state index in [0.29, 0.717) is 35.4 Å². The Morgan fingerprint density at radius 3 is 2.41 bits per heavy atom. The quantitative estimate of drug-likeness (QED) is 0.386. The summed E-state index contributed by atoms with van der Waals surface area (Å²) in [7, 11) is 0. The van der Waals surface area contributed by atoms with Crippen LogP contribution in [-0.4, -0.2) is 39.3 Å². The Kier molecular flexibility index (Phi) is 7.77. The lowest BCUT2D eigenvalue weighted by molar-refractivity contribution is 0.0929. The van der Waals surface area contributed by atoms with Crippen LogP contribution in [-0.2, 0) is 6.42 Å². The number of hydrogen-bond acceptors (Lipinski definition) is 6. The van der Waals surface area contributed by atoms with Crippen LogP contribution in [0.4, 0.5) is 4.39 Å². The highest BCUT2D eigenvalue weighted by Gasteiger charge is 2.18. The predicted octanol–water partition coefficient (Wildman–Crippen LogP) is 2.71. The molecule has 3 rings (SSSR count). The minimum Gasteiger partial charge on any atom is -0.398 e. The number of hydrogen-bond donors (Lipinski definition) is 4. The molecule has 1 atom stereocenters. The van der Waals surface area contributed by atoms with Crippen LogP contribution in [0, 0.1) is 11.2 Å². The van der Waals surface area contributed by atoms with Crippen molar-refractivity contribution in [2.24, 2.45) is 5.73 Å². The molecule has 1 amide bonds. The van der Waals surface area contributed by atoms with Gasteiger partial charge < -0.3 is 21.6 Å². The lowest BCUT2D eigenvalue weighted by Crippen LogP contribution is -2.38. The first-order valence-electron chi connectivity index (χ1n) is 10.1. The SMILES string of the molecule is N=C(C=C(N)c1ccccc1C(=O)N[C@@H](CCO)Cc1ncccn1)c1ccc(F)cc1. The molecule has 0 unspecified atom stereocenters. The van der Waals surface area contributed by atoms with Gasteiger partial charge in [0, 0.05) is 48.3 Å². The van der Waals surface area contributed by atoms with Crippen LogP contribution in [0.5, 0.6) is 0 Å². The van der Waals surface area contributed by atoms with Crippen LogP contribution < -0.4 is 11.1 Å². The summed E-state index contributed by atoms with van der Waals surface area (Å²) in [5, 5.41) is 20.5. The van der Waals surface area contributed by atoms with E-state index in [1.165, 1.54) is 30.3 Å². The number of aliphatic hydroxyl groups excluding tert-OH is 1. The molecule has 7 nitrogen and oxygen atoms in total. The van der Waals surface area contributed by atoms with Gasteiger partial charge >= 0.3 is 0 Å². The normalized spacial score (nSPS) is 12.2. The van der Waals surface area contributed by atoms with Crippen molar-refractivity contribution in [1.29, 1.82) is 5.41 Å². The van der Waals surface area contributed by atoms with Crippen LogP contribution in [0.3, 0.4) is 0 Å². The maximum atomic E-state index is 13.1. The highest BCUT2D eigenvalue weighted by molar-refractivity contribution is 6.11. The molecule has 0 aliphatic rings. The number of aliphatic hydroxyl groups is 1. The third-order valence-electron chi connectivity index (χ3n) is 4.80. The highest BCUT2D eigenvalue weighted by Crippen LogP contribution is 2.17. The number of carbonyl (C=O) groups is 1. The number of aromatic nitrogens is 2. The molecule has 0 saturated carbocycles. The van der Waals surface area contributed by atoms with Crippen molar-refractivity contribution in [3.8, 4) is 0 Å². The van der Waals surface area contributed by atoms with Crippen molar-refractivity contribution in [3.63, 3.8) is 0 Å². The van der Waals surface area contributed by atoms with Crippen LogP contribution in [0.1, 0.15) is 33.7 Å². The predicted molar refractivity (Wildman–Crippen MR) is 121 cm³/mol. The second-order valence-electron chi connectivity index (χ2n) is 7.12. The van der Waals surface area contributed by atoms with E-state index in [4.69, 9.17) is 11.1 Å². The second-order valence-corrected chi connectivity index (χ2v) is 7.12. The van der Waals surface area contributed by atoms with Gasteiger partial charge in [-0.3, -0.25) is 4.79 Å². The van der Waals surface area contributed by atoms with Crippen molar-refractivity contribution < 1.29 is 14.3 Å². The van der Waals surface area contributed by atoms with E-state index in [0.717, 1.165) is 0 Å². The molecule has 0 fully saturated rings. The molecule has 3 aromatic rings. The molecule has 164 valence electrons. The topological polar surface area (TPSA) is 125 Å². The monoisotopic (exact) mass is 433 g/mol. The van der Waals surface area contributed by atoms with Gasteiger partial charge in [-0.15, -0.1) is 0 Å². The molecular weight excluding hydrogens is 409 g/mol. The zero-order chi connectivity index (χ0) is 22.9. The van der Waals surface area contributed by atoms with Gasteiger partial charge in [0.15, 0.2) is 0 Å². The lowest BCUT2D eigenvalue weighted by Gasteiger charge is -2.18. The maximum Gasteiger partial charge on any atom is 0.252 e. The molecule has 8 heteroatoms. The van der Waals surface area contributed by atoms with Gasteiger partial charge in [-0.1, -0.05) is 18.2 Å². The smallest absolute Gasteiger partial charge is 0.252 e. The van der Waals surface area contributed by atoms with Gasteiger partial charge in [-0.05, 0) is 54.5 Å². The van der Waals surface area contributed by atoms with Gasteiger partial charge in [0.1, 0.15) is 11.6 Å². The van der Waals surface area contributed by atoms with Crippen LogP contribution in [0.25, 0.3) is 5.70 Å². The first kappa shape index (κ1) is 22.8. The molecule has 32 heavy (non-hydrogen) atoms. The highest BCUT2D eigenvalue weighted by atomic mass is 19.1. The summed E-state index contributed by atoms with van der Waals surface area (Å²) in [6, 6.07) is 13.7. The molecule has 0 aliphatic carbocycles. The molecule has 0 saturated heterocycles. The van der Waals surface area contributed by atoms with Crippen LogP contribution in [0.15, 0.2) is 73.1 Å². The lowest BCUT2D eigenvalue weighted by atomic mass is 10.0. The molecule has 2 aromatic carbocycles. The first-order valence-corrected chi connectivity index (χ1v) is 10.1. The van der Waals surface area contributed by atoms with Gasteiger partial charge in [0.05, 0.1) is 5.71 Å². The molecule has 5 N–H and O–H groups in total. The Bertz CT molecular complexity index is 1100. The first-order chi connectivity index (χ1) is 15.5. The van der Waals surface area contributed by atoms with E-state index in [1.54, 1.807) is 42.7 Å². The zero-order valence-electron chi connectivity index (χ0n) is 17.3. The fourth-order valence-corrected chi connectivity index (χ4v) is 3.18. The van der Waals surface area contributed by atoms with Gasteiger partial charge in [0.2, 0.25) is 0 Å². The number of nitrogens with two attached hydrogens (primary N) is 1. The summed E-state index contributed by atoms with van der Waals surface area (Å²) in [6.45, 7) is -0.101. The van der Waals surface area contributed by atoms with E-state index >= 15 is 0 Å². The van der Waals surface area contributed by atoms with Crippen molar-refractivity contribution >= 4 is 17.3 Å². The third-order valence-corrected chi connectivity index (χ3v) is 4.80. The summed E-state index contributed by atoms with van der Waals surface area (Å²) in [6.07, 6.45) is 5.39. The molecule has 0 bridgehead atoms. The molecule has 0 radical (unpaired) electrons. The second kappa shape index (κ2) is 10.9. The van der Waals surface area contributed by atoms with Gasteiger partial charge in [-0.2, -0.15) is 0 Å². The number of nitrogens with one attached hydrogen (secondary N) is 2. The van der Waals surface area contributed by atoms with Crippen molar-refractivity contribution in [2.75, 3.05) is 6.61 Å². The third kappa shape index (κ3) is 6.05. The summed E-state index contributed by atoms with van der Waals surface area (Å²) in [5.41, 5.74) is 7.86. The summed E-state index contributed by atoms with van der Waals surface area (Å²) in [5.74, 6) is -0.190. The summed E-state index contributed by atoms with van der Waals surface area (Å²) < 4.78 is 13.1. The van der Waals surface area contributed by atoms with E-state index in [2.05, 4.69) is 15.3 Å². The standard InChI is InChI=1S/C24H24FN5O2/c25-17-8-6-16(7-9-17)21(26)15-22(27)19-4-1-2-5-20(19)24(32)30-18(10-13-31)14-23-28-11-3-12-29-23/h1-9,11-12,15,18,26,31H,10,13-14,27H2,(H,30,32)/t18-/m0/s1. The number of halogens is 1. The Labute approximate surface area is 185 Å². The average Bonchev–Trinajstić information content (AvgIpc) is 2.80. The zero-order valence-corrected chi connectivity index (χ0v) is 17.3. The largest absolute Gasteiger partial charge is 0.398 e. The number of benzene rings is 2. The fourth-order valence-electron chi connectivity index (χ4n) is 3.18. The summed E-state index contributed by atoms with van der Waals surface area (Å²) >= 11 is 0. The number of nitrogens with zero attached hydrogens (tertiary/aromatic N) is 2. The Morgan fingerprint density at radius 2 is 1.75 bits per heavy atom. The fraction of sp³-hybridized carbons (Fsp3) is 0.167. The molecular formula is C24H24FN5O2. The van der Waals surface area contributed by atoms with Crippen LogP contribution >= 0.6 is 0 Å². The van der Waals surface area contributed by atoms with Crippen molar-refractivity contribution in [1.82, 2.24) is 15.3 Å². The molecule has 1 heterocycles.